The molecule has 1 unspecified atom stereocenters. The second-order valence-corrected chi connectivity index (χ2v) is 4.79. The van der Waals surface area contributed by atoms with Gasteiger partial charge in [0.15, 0.2) is 0 Å². The van der Waals surface area contributed by atoms with Crippen molar-refractivity contribution >= 4 is 5.91 Å². The van der Waals surface area contributed by atoms with Gasteiger partial charge in [-0.3, -0.25) is 4.79 Å². The molecule has 0 radical (unpaired) electrons. The third-order valence-electron chi connectivity index (χ3n) is 3.29. The zero-order valence-corrected chi connectivity index (χ0v) is 12.5. The molecule has 0 spiro atoms. The van der Waals surface area contributed by atoms with Crippen LogP contribution in [0.3, 0.4) is 0 Å². The SMILES string of the molecule is COc1ccc(CNC(=O)C(C)n2cncn2)c(C(F)(F)F)c1. The summed E-state index contributed by atoms with van der Waals surface area (Å²) in [6.45, 7) is 1.32. The lowest BCUT2D eigenvalue weighted by molar-refractivity contribution is -0.138. The van der Waals surface area contributed by atoms with E-state index in [9.17, 15) is 18.0 Å². The third kappa shape index (κ3) is 3.99. The highest BCUT2D eigenvalue weighted by Crippen LogP contribution is 2.34. The van der Waals surface area contributed by atoms with Gasteiger partial charge in [-0.15, -0.1) is 0 Å². The molecular weight excluding hydrogens is 313 g/mol. The summed E-state index contributed by atoms with van der Waals surface area (Å²) >= 11 is 0. The molecule has 1 aromatic heterocycles. The summed E-state index contributed by atoms with van der Waals surface area (Å²) in [5, 5.41) is 6.29. The molecule has 0 saturated carbocycles. The lowest BCUT2D eigenvalue weighted by Crippen LogP contribution is -2.31. The summed E-state index contributed by atoms with van der Waals surface area (Å²) in [7, 11) is 1.29. The molecule has 0 aliphatic heterocycles. The van der Waals surface area contributed by atoms with Crippen LogP contribution in [0.1, 0.15) is 24.1 Å². The first kappa shape index (κ1) is 16.8. The van der Waals surface area contributed by atoms with E-state index in [0.29, 0.717) is 0 Å². The Bertz CT molecular complexity index is 671. The average molecular weight is 328 g/mol. The van der Waals surface area contributed by atoms with Gasteiger partial charge in [0.1, 0.15) is 24.4 Å². The van der Waals surface area contributed by atoms with Gasteiger partial charge in [-0.05, 0) is 24.6 Å². The number of carbonyl (C=O) groups is 1. The fourth-order valence-corrected chi connectivity index (χ4v) is 1.97. The van der Waals surface area contributed by atoms with Crippen molar-refractivity contribution in [3.63, 3.8) is 0 Å². The largest absolute Gasteiger partial charge is 0.497 e. The first-order valence-corrected chi connectivity index (χ1v) is 6.69. The Balaban J connectivity index is 2.12. The smallest absolute Gasteiger partial charge is 0.416 e. The van der Waals surface area contributed by atoms with Crippen molar-refractivity contribution in [3.8, 4) is 5.75 Å². The van der Waals surface area contributed by atoms with Gasteiger partial charge in [0, 0.05) is 6.54 Å². The molecule has 1 N–H and O–H groups in total. The fraction of sp³-hybridized carbons (Fsp3) is 0.357. The number of ether oxygens (including phenoxy) is 1. The summed E-state index contributed by atoms with van der Waals surface area (Å²) in [4.78, 5) is 15.7. The van der Waals surface area contributed by atoms with Crippen LogP contribution in [-0.4, -0.2) is 27.8 Å². The zero-order chi connectivity index (χ0) is 17.0. The van der Waals surface area contributed by atoms with E-state index in [0.717, 1.165) is 6.07 Å². The molecular formula is C14H15F3N4O2. The van der Waals surface area contributed by atoms with Crippen molar-refractivity contribution in [1.29, 1.82) is 0 Å². The Hall–Kier alpha value is -2.58. The summed E-state index contributed by atoms with van der Waals surface area (Å²) < 4.78 is 45.4. The zero-order valence-electron chi connectivity index (χ0n) is 12.5. The molecule has 23 heavy (non-hydrogen) atoms. The highest BCUT2D eigenvalue weighted by molar-refractivity contribution is 5.79. The molecule has 9 heteroatoms. The molecule has 2 rings (SSSR count). The molecule has 1 heterocycles. The monoisotopic (exact) mass is 328 g/mol. The maximum Gasteiger partial charge on any atom is 0.416 e. The minimum Gasteiger partial charge on any atom is -0.497 e. The van der Waals surface area contributed by atoms with E-state index >= 15 is 0 Å². The van der Waals surface area contributed by atoms with Crippen LogP contribution in [-0.2, 0) is 17.5 Å². The number of amides is 1. The Labute approximate surface area is 130 Å². The molecule has 6 nitrogen and oxygen atoms in total. The summed E-state index contributed by atoms with van der Waals surface area (Å²) in [6.07, 6.45) is -1.90. The first-order valence-electron chi connectivity index (χ1n) is 6.69. The average Bonchev–Trinajstić information content (AvgIpc) is 3.05. The molecule has 124 valence electrons. The fourth-order valence-electron chi connectivity index (χ4n) is 1.97. The van der Waals surface area contributed by atoms with Crippen molar-refractivity contribution < 1.29 is 22.7 Å². The van der Waals surface area contributed by atoms with Crippen molar-refractivity contribution in [1.82, 2.24) is 20.1 Å². The quantitative estimate of drug-likeness (QED) is 0.913. The second kappa shape index (κ2) is 6.67. The molecule has 0 aliphatic rings. The van der Waals surface area contributed by atoms with E-state index in [2.05, 4.69) is 15.4 Å². The number of hydrogen-bond acceptors (Lipinski definition) is 4. The van der Waals surface area contributed by atoms with Crippen LogP contribution in [0.5, 0.6) is 5.75 Å². The highest BCUT2D eigenvalue weighted by atomic mass is 19.4. The Morgan fingerprint density at radius 1 is 1.43 bits per heavy atom. The highest BCUT2D eigenvalue weighted by Gasteiger charge is 2.34. The van der Waals surface area contributed by atoms with Crippen molar-refractivity contribution in [2.75, 3.05) is 7.11 Å². The van der Waals surface area contributed by atoms with Gasteiger partial charge in [0.25, 0.3) is 0 Å². The van der Waals surface area contributed by atoms with Crippen molar-refractivity contribution in [2.24, 2.45) is 0 Å². The minimum atomic E-state index is -4.54. The number of alkyl halides is 3. The number of aromatic nitrogens is 3. The molecule has 2 aromatic rings. The van der Waals surface area contributed by atoms with Gasteiger partial charge in [-0.1, -0.05) is 6.07 Å². The van der Waals surface area contributed by atoms with Crippen LogP contribution in [0.25, 0.3) is 0 Å². The normalized spacial score (nSPS) is 12.7. The predicted octanol–water partition coefficient (Wildman–Crippen LogP) is 2.18. The molecule has 0 aliphatic carbocycles. The summed E-state index contributed by atoms with van der Waals surface area (Å²) in [6, 6.07) is 2.92. The van der Waals surface area contributed by atoms with Crippen molar-refractivity contribution in [2.45, 2.75) is 25.7 Å². The molecule has 0 saturated heterocycles. The maximum atomic E-state index is 13.1. The van der Waals surface area contributed by atoms with Gasteiger partial charge in [-0.2, -0.15) is 18.3 Å². The van der Waals surface area contributed by atoms with Crippen LogP contribution in [0, 0.1) is 0 Å². The number of rotatable bonds is 5. The van der Waals surface area contributed by atoms with Gasteiger partial charge >= 0.3 is 6.18 Å². The lowest BCUT2D eigenvalue weighted by Gasteiger charge is -2.16. The summed E-state index contributed by atoms with van der Waals surface area (Å²) in [5.74, 6) is -0.358. The Morgan fingerprint density at radius 3 is 2.74 bits per heavy atom. The second-order valence-electron chi connectivity index (χ2n) is 4.79. The van der Waals surface area contributed by atoms with Crippen LogP contribution in [0.2, 0.25) is 0 Å². The van der Waals surface area contributed by atoms with E-state index < -0.39 is 23.7 Å². The summed E-state index contributed by atoms with van der Waals surface area (Å²) in [5.41, 5.74) is -0.886. The number of benzene rings is 1. The van der Waals surface area contributed by atoms with Gasteiger partial charge in [-0.25, -0.2) is 9.67 Å². The van der Waals surface area contributed by atoms with Crippen molar-refractivity contribution in [3.05, 3.63) is 42.0 Å². The maximum absolute atomic E-state index is 13.1. The van der Waals surface area contributed by atoms with E-state index in [-0.39, 0.29) is 17.9 Å². The topological polar surface area (TPSA) is 69.0 Å². The molecule has 0 fully saturated rings. The number of nitrogens with zero attached hydrogens (tertiary/aromatic N) is 3. The van der Waals surface area contributed by atoms with Gasteiger partial charge in [0.2, 0.25) is 5.91 Å². The van der Waals surface area contributed by atoms with E-state index in [1.807, 2.05) is 0 Å². The van der Waals surface area contributed by atoms with E-state index in [1.165, 1.54) is 36.6 Å². The molecule has 1 atom stereocenters. The molecule has 1 aromatic carbocycles. The van der Waals surface area contributed by atoms with Crippen LogP contribution >= 0.6 is 0 Å². The number of carbonyl (C=O) groups excluding carboxylic acids is 1. The predicted molar refractivity (Wildman–Crippen MR) is 74.6 cm³/mol. The number of nitrogens with one attached hydrogen (secondary N) is 1. The van der Waals surface area contributed by atoms with Crippen LogP contribution in [0.15, 0.2) is 30.9 Å². The van der Waals surface area contributed by atoms with E-state index in [4.69, 9.17) is 4.74 Å². The molecule has 0 bridgehead atoms. The standard InChI is InChI=1S/C14H15F3N4O2/c1-9(21-8-18-7-20-21)13(22)19-6-10-3-4-11(23-2)5-12(10)14(15,16)17/h3-5,7-9H,6H2,1-2H3,(H,19,22). The molecule has 1 amide bonds. The van der Waals surface area contributed by atoms with Gasteiger partial charge in [0.05, 0.1) is 12.7 Å². The number of halogens is 3. The van der Waals surface area contributed by atoms with Crippen LogP contribution < -0.4 is 10.1 Å². The number of methoxy groups -OCH3 is 1. The van der Waals surface area contributed by atoms with Gasteiger partial charge < -0.3 is 10.1 Å². The Morgan fingerprint density at radius 2 is 2.17 bits per heavy atom. The Kier molecular flexibility index (Phi) is 4.87. The lowest BCUT2D eigenvalue weighted by atomic mass is 10.1. The van der Waals surface area contributed by atoms with E-state index in [1.54, 1.807) is 6.92 Å². The third-order valence-corrected chi connectivity index (χ3v) is 3.29. The number of hydrogen-bond donors (Lipinski definition) is 1. The first-order chi connectivity index (χ1) is 10.8. The van der Waals surface area contributed by atoms with Crippen LogP contribution in [0.4, 0.5) is 13.2 Å². The minimum absolute atomic E-state index is 0.0440.